The third-order valence-electron chi connectivity index (χ3n) is 5.69. The molecule has 0 radical (unpaired) electrons. The molecular formula is C26H21N3O7. The van der Waals surface area contributed by atoms with Crippen molar-refractivity contribution in [3.8, 4) is 5.75 Å². The van der Waals surface area contributed by atoms with Crippen molar-refractivity contribution >= 4 is 35.1 Å². The van der Waals surface area contributed by atoms with E-state index in [1.165, 1.54) is 36.4 Å². The van der Waals surface area contributed by atoms with Crippen molar-refractivity contribution in [1.82, 2.24) is 4.90 Å². The summed E-state index contributed by atoms with van der Waals surface area (Å²) in [5.41, 5.74) is 2.26. The monoisotopic (exact) mass is 487 g/mol. The molecule has 10 nitrogen and oxygen atoms in total. The summed E-state index contributed by atoms with van der Waals surface area (Å²) in [6, 6.07) is 15.4. The van der Waals surface area contributed by atoms with Crippen LogP contribution in [0.1, 0.15) is 48.6 Å². The smallest absolute Gasteiger partial charge is 0.312 e. The summed E-state index contributed by atoms with van der Waals surface area (Å²) in [6.07, 6.45) is -0.311. The Morgan fingerprint density at radius 1 is 1.00 bits per heavy atom. The van der Waals surface area contributed by atoms with E-state index in [-0.39, 0.29) is 35.7 Å². The number of rotatable bonds is 7. The Kier molecular flexibility index (Phi) is 6.60. The standard InChI is InChI=1S/C26H21N3O7/c1-15-6-11-20(16(2)14-15)27-24(31)17-7-9-18(10-8-17)36-22(30)12-13-28-25(32)19-4-3-5-21(29(34)35)23(19)26(28)33/h3-11,14H,12-13H2,1-2H3,(H,27,31). The van der Waals surface area contributed by atoms with Crippen molar-refractivity contribution in [1.29, 1.82) is 0 Å². The van der Waals surface area contributed by atoms with E-state index in [0.717, 1.165) is 22.1 Å². The van der Waals surface area contributed by atoms with E-state index in [1.807, 2.05) is 32.0 Å². The van der Waals surface area contributed by atoms with Gasteiger partial charge in [0.2, 0.25) is 0 Å². The summed E-state index contributed by atoms with van der Waals surface area (Å²) in [4.78, 5) is 61.2. The molecule has 3 amide bonds. The third kappa shape index (κ3) is 4.83. The van der Waals surface area contributed by atoms with Gasteiger partial charge in [0.25, 0.3) is 23.4 Å². The molecule has 0 saturated carbocycles. The van der Waals surface area contributed by atoms with Crippen LogP contribution >= 0.6 is 0 Å². The number of nitrogens with zero attached hydrogens (tertiary/aromatic N) is 2. The Morgan fingerprint density at radius 2 is 1.72 bits per heavy atom. The van der Waals surface area contributed by atoms with Gasteiger partial charge < -0.3 is 10.1 Å². The normalized spacial score (nSPS) is 12.3. The van der Waals surface area contributed by atoms with Crippen LogP contribution < -0.4 is 10.1 Å². The predicted molar refractivity (Wildman–Crippen MR) is 129 cm³/mol. The molecule has 36 heavy (non-hydrogen) atoms. The Morgan fingerprint density at radius 3 is 2.39 bits per heavy atom. The van der Waals surface area contributed by atoms with E-state index >= 15 is 0 Å². The minimum absolute atomic E-state index is 0.0720. The number of benzene rings is 3. The van der Waals surface area contributed by atoms with Crippen molar-refractivity contribution in [3.05, 3.63) is 98.6 Å². The van der Waals surface area contributed by atoms with Gasteiger partial charge in [-0.25, -0.2) is 0 Å². The molecule has 3 aromatic rings. The van der Waals surface area contributed by atoms with Gasteiger partial charge in [-0.3, -0.25) is 34.2 Å². The largest absolute Gasteiger partial charge is 0.426 e. The molecule has 3 aromatic carbocycles. The molecule has 0 fully saturated rings. The topological polar surface area (TPSA) is 136 Å². The maximum absolute atomic E-state index is 12.6. The van der Waals surface area contributed by atoms with Gasteiger partial charge in [0.15, 0.2) is 0 Å². The molecule has 1 heterocycles. The molecular weight excluding hydrogens is 466 g/mol. The van der Waals surface area contributed by atoms with Crippen LogP contribution in [0.5, 0.6) is 5.75 Å². The first-order valence-electron chi connectivity index (χ1n) is 11.0. The van der Waals surface area contributed by atoms with Crippen molar-refractivity contribution in [2.24, 2.45) is 0 Å². The molecule has 182 valence electrons. The SMILES string of the molecule is Cc1ccc(NC(=O)c2ccc(OC(=O)CCN3C(=O)c4cccc([N+](=O)[O-])c4C3=O)cc2)c(C)c1. The fourth-order valence-corrected chi connectivity index (χ4v) is 3.88. The molecule has 0 bridgehead atoms. The third-order valence-corrected chi connectivity index (χ3v) is 5.69. The number of ether oxygens (including phenoxy) is 1. The van der Waals surface area contributed by atoms with E-state index in [1.54, 1.807) is 0 Å². The lowest BCUT2D eigenvalue weighted by Gasteiger charge is -2.13. The molecule has 0 unspecified atom stereocenters. The number of nitro benzene ring substituents is 1. The predicted octanol–water partition coefficient (Wildman–Crippen LogP) is 4.06. The molecule has 10 heteroatoms. The number of anilines is 1. The number of hydrogen-bond acceptors (Lipinski definition) is 7. The highest BCUT2D eigenvalue weighted by Crippen LogP contribution is 2.30. The average Bonchev–Trinajstić information content (AvgIpc) is 3.09. The highest BCUT2D eigenvalue weighted by Gasteiger charge is 2.40. The lowest BCUT2D eigenvalue weighted by molar-refractivity contribution is -0.385. The molecule has 1 aliphatic rings. The van der Waals surface area contributed by atoms with Crippen LogP contribution in [0.2, 0.25) is 0 Å². The molecule has 0 aromatic heterocycles. The van der Waals surface area contributed by atoms with Gasteiger partial charge in [0.1, 0.15) is 11.3 Å². The zero-order valence-electron chi connectivity index (χ0n) is 19.4. The van der Waals surface area contributed by atoms with Gasteiger partial charge in [-0.05, 0) is 55.8 Å². The average molecular weight is 487 g/mol. The Bertz CT molecular complexity index is 1410. The number of carbonyl (C=O) groups excluding carboxylic acids is 4. The molecule has 1 N–H and O–H groups in total. The highest BCUT2D eigenvalue weighted by molar-refractivity contribution is 6.23. The van der Waals surface area contributed by atoms with E-state index in [0.29, 0.717) is 11.3 Å². The van der Waals surface area contributed by atoms with Crippen molar-refractivity contribution in [2.45, 2.75) is 20.3 Å². The first-order chi connectivity index (χ1) is 17.2. The number of esters is 1. The second-order valence-electron chi connectivity index (χ2n) is 8.24. The second-order valence-corrected chi connectivity index (χ2v) is 8.24. The quantitative estimate of drug-likeness (QED) is 0.174. The van der Waals surface area contributed by atoms with Crippen LogP contribution in [-0.4, -0.2) is 40.1 Å². The molecule has 4 rings (SSSR count). The first-order valence-corrected chi connectivity index (χ1v) is 11.0. The number of aryl methyl sites for hydroxylation is 2. The zero-order valence-corrected chi connectivity index (χ0v) is 19.4. The summed E-state index contributed by atoms with van der Waals surface area (Å²) in [5, 5.41) is 14.0. The highest BCUT2D eigenvalue weighted by atomic mass is 16.6. The zero-order chi connectivity index (χ0) is 26.0. The van der Waals surface area contributed by atoms with Crippen LogP contribution in [0.4, 0.5) is 11.4 Å². The summed E-state index contributed by atoms with van der Waals surface area (Å²) in [6.45, 7) is 3.57. The van der Waals surface area contributed by atoms with Crippen LogP contribution in [-0.2, 0) is 4.79 Å². The van der Waals surface area contributed by atoms with Gasteiger partial charge in [0.05, 0.1) is 16.9 Å². The van der Waals surface area contributed by atoms with Crippen molar-refractivity contribution < 1.29 is 28.8 Å². The van der Waals surface area contributed by atoms with Gasteiger partial charge in [0, 0.05) is 23.9 Å². The number of hydrogen-bond donors (Lipinski definition) is 1. The van der Waals surface area contributed by atoms with Crippen LogP contribution in [0.15, 0.2) is 60.7 Å². The van der Waals surface area contributed by atoms with E-state index < -0.39 is 28.4 Å². The summed E-state index contributed by atoms with van der Waals surface area (Å²) in [5.74, 6) is -2.38. The lowest BCUT2D eigenvalue weighted by Crippen LogP contribution is -2.32. The Hall–Kier alpha value is -4.86. The summed E-state index contributed by atoms with van der Waals surface area (Å²) >= 11 is 0. The maximum atomic E-state index is 12.6. The van der Waals surface area contributed by atoms with Crippen molar-refractivity contribution in [3.63, 3.8) is 0 Å². The number of imide groups is 1. The molecule has 0 saturated heterocycles. The lowest BCUT2D eigenvalue weighted by atomic mass is 10.1. The van der Waals surface area contributed by atoms with Gasteiger partial charge in [-0.1, -0.05) is 23.8 Å². The second kappa shape index (κ2) is 9.79. The summed E-state index contributed by atoms with van der Waals surface area (Å²) < 4.78 is 5.24. The van der Waals surface area contributed by atoms with Gasteiger partial charge >= 0.3 is 5.97 Å². The number of nitrogens with one attached hydrogen (secondary N) is 1. The van der Waals surface area contributed by atoms with Crippen LogP contribution in [0.25, 0.3) is 0 Å². The van der Waals surface area contributed by atoms with E-state index in [4.69, 9.17) is 4.74 Å². The van der Waals surface area contributed by atoms with E-state index in [2.05, 4.69) is 5.32 Å². The van der Waals surface area contributed by atoms with Crippen molar-refractivity contribution in [2.75, 3.05) is 11.9 Å². The van der Waals surface area contributed by atoms with Gasteiger partial charge in [-0.2, -0.15) is 0 Å². The number of nitro groups is 1. The minimum Gasteiger partial charge on any atom is -0.426 e. The Balaban J connectivity index is 1.34. The fraction of sp³-hybridized carbons (Fsp3) is 0.154. The number of fused-ring (bicyclic) bond motifs is 1. The number of amides is 3. The first kappa shape index (κ1) is 24.3. The molecule has 1 aliphatic heterocycles. The van der Waals surface area contributed by atoms with E-state index in [9.17, 15) is 29.3 Å². The molecule has 0 spiro atoms. The molecule has 0 atom stereocenters. The van der Waals surface area contributed by atoms with Gasteiger partial charge in [-0.15, -0.1) is 0 Å². The maximum Gasteiger partial charge on any atom is 0.312 e. The number of carbonyl (C=O) groups is 4. The molecule has 0 aliphatic carbocycles. The van der Waals surface area contributed by atoms with Crippen LogP contribution in [0, 0.1) is 24.0 Å². The fourth-order valence-electron chi connectivity index (χ4n) is 3.88. The summed E-state index contributed by atoms with van der Waals surface area (Å²) in [7, 11) is 0. The Labute approximate surface area is 205 Å². The van der Waals surface area contributed by atoms with Crippen LogP contribution in [0.3, 0.4) is 0 Å². The minimum atomic E-state index is -0.825.